The third kappa shape index (κ3) is 3.98. The molecule has 0 saturated carbocycles. The van der Waals surface area contributed by atoms with Crippen molar-refractivity contribution in [2.45, 2.75) is 18.0 Å². The van der Waals surface area contributed by atoms with E-state index in [2.05, 4.69) is 0 Å². The summed E-state index contributed by atoms with van der Waals surface area (Å²) in [5, 5.41) is 0. The van der Waals surface area contributed by atoms with Crippen molar-refractivity contribution in [1.82, 2.24) is 0 Å². The fraction of sp³-hybridized carbons (Fsp3) is 0.143. The Morgan fingerprint density at radius 2 is 1.61 bits per heavy atom. The Balaban J connectivity index is 2.46. The molecular weight excluding hydrogens is 341 g/mol. The first kappa shape index (κ1) is 17.2. The summed E-state index contributed by atoms with van der Waals surface area (Å²) >= 11 is 0. The molecule has 0 amide bonds. The minimum absolute atomic E-state index is 0.186. The van der Waals surface area contributed by atoms with Crippen LogP contribution >= 0.6 is 0 Å². The first-order valence-corrected chi connectivity index (χ1v) is 7.64. The summed E-state index contributed by atoms with van der Waals surface area (Å²) in [6, 6.07) is 4.26. The number of halogens is 5. The van der Waals surface area contributed by atoms with Crippen molar-refractivity contribution in [3.8, 4) is 0 Å². The van der Waals surface area contributed by atoms with E-state index in [1.807, 2.05) is 4.72 Å². The standard InChI is InChI=1S/C14H10F5NO2S/c1-8-2-3-10(15)7-13(8)23(21,22)20-12-5-9(14(17,18)19)4-11(16)6-12/h2-7,20H,1H3. The average Bonchev–Trinajstić information content (AvgIpc) is 2.39. The molecule has 2 rings (SSSR count). The maximum atomic E-state index is 13.3. The lowest BCUT2D eigenvalue weighted by Crippen LogP contribution is -2.15. The van der Waals surface area contributed by atoms with Crippen molar-refractivity contribution >= 4 is 15.7 Å². The van der Waals surface area contributed by atoms with Crippen molar-refractivity contribution < 1.29 is 30.4 Å². The highest BCUT2D eigenvalue weighted by atomic mass is 32.2. The van der Waals surface area contributed by atoms with Crippen LogP contribution in [0.4, 0.5) is 27.6 Å². The Hall–Kier alpha value is -2.16. The summed E-state index contributed by atoms with van der Waals surface area (Å²) in [5.74, 6) is -2.08. The molecule has 124 valence electrons. The minimum atomic E-state index is -4.84. The summed E-state index contributed by atoms with van der Waals surface area (Å²) in [5.41, 5.74) is -1.77. The van der Waals surface area contributed by atoms with Crippen LogP contribution in [0.3, 0.4) is 0 Å². The van der Waals surface area contributed by atoms with Crippen LogP contribution in [-0.2, 0) is 16.2 Å². The Morgan fingerprint density at radius 1 is 0.957 bits per heavy atom. The zero-order chi connectivity index (χ0) is 17.4. The molecule has 0 aliphatic carbocycles. The smallest absolute Gasteiger partial charge is 0.280 e. The number of hydrogen-bond acceptors (Lipinski definition) is 2. The van der Waals surface area contributed by atoms with Crippen molar-refractivity contribution in [3.63, 3.8) is 0 Å². The van der Waals surface area contributed by atoms with E-state index in [4.69, 9.17) is 0 Å². The quantitative estimate of drug-likeness (QED) is 0.847. The molecule has 0 heterocycles. The number of rotatable bonds is 3. The molecule has 0 bridgehead atoms. The van der Waals surface area contributed by atoms with Crippen molar-refractivity contribution in [2.75, 3.05) is 4.72 Å². The van der Waals surface area contributed by atoms with Gasteiger partial charge in [0.05, 0.1) is 16.1 Å². The second-order valence-electron chi connectivity index (χ2n) is 4.74. The van der Waals surface area contributed by atoms with Crippen LogP contribution in [0.5, 0.6) is 0 Å². The normalized spacial score (nSPS) is 12.3. The van der Waals surface area contributed by atoms with Crippen molar-refractivity contribution in [2.24, 2.45) is 0 Å². The van der Waals surface area contributed by atoms with Gasteiger partial charge < -0.3 is 0 Å². The van der Waals surface area contributed by atoms with Gasteiger partial charge in [0.25, 0.3) is 10.0 Å². The summed E-state index contributed by atoms with van der Waals surface area (Å²) < 4.78 is 90.5. The third-order valence-electron chi connectivity index (χ3n) is 2.92. The molecule has 2 aromatic rings. The lowest BCUT2D eigenvalue weighted by Gasteiger charge is -2.13. The molecule has 0 aromatic heterocycles. The molecular formula is C14H10F5NO2S. The molecule has 0 saturated heterocycles. The van der Waals surface area contributed by atoms with E-state index < -0.39 is 44.0 Å². The van der Waals surface area contributed by atoms with Gasteiger partial charge in [-0.1, -0.05) is 6.07 Å². The average molecular weight is 351 g/mol. The Kier molecular flexibility index (Phi) is 4.34. The molecule has 2 aromatic carbocycles. The second kappa shape index (κ2) is 5.80. The number of sulfonamides is 1. The van der Waals surface area contributed by atoms with E-state index in [-0.39, 0.29) is 11.6 Å². The second-order valence-corrected chi connectivity index (χ2v) is 6.39. The SMILES string of the molecule is Cc1ccc(F)cc1S(=O)(=O)Nc1cc(F)cc(C(F)(F)F)c1. The van der Waals surface area contributed by atoms with Gasteiger partial charge in [0, 0.05) is 0 Å². The molecule has 0 unspecified atom stereocenters. The van der Waals surface area contributed by atoms with Gasteiger partial charge in [-0.2, -0.15) is 13.2 Å². The Bertz CT molecular complexity index is 847. The molecule has 9 heteroatoms. The monoisotopic (exact) mass is 351 g/mol. The number of aryl methyl sites for hydroxylation is 1. The van der Waals surface area contributed by atoms with Crippen LogP contribution in [0.2, 0.25) is 0 Å². The highest BCUT2D eigenvalue weighted by molar-refractivity contribution is 7.92. The third-order valence-corrected chi connectivity index (χ3v) is 4.44. The molecule has 1 N–H and O–H groups in total. The Labute approximate surface area is 128 Å². The molecule has 3 nitrogen and oxygen atoms in total. The largest absolute Gasteiger partial charge is 0.416 e. The van der Waals surface area contributed by atoms with E-state index in [0.29, 0.717) is 12.1 Å². The van der Waals surface area contributed by atoms with Gasteiger partial charge >= 0.3 is 6.18 Å². The molecule has 0 aliphatic rings. The van der Waals surface area contributed by atoms with E-state index in [1.165, 1.54) is 13.0 Å². The fourth-order valence-electron chi connectivity index (χ4n) is 1.89. The van der Waals surface area contributed by atoms with Gasteiger partial charge in [0.2, 0.25) is 0 Å². The lowest BCUT2D eigenvalue weighted by molar-refractivity contribution is -0.137. The van der Waals surface area contributed by atoms with Crippen LogP contribution in [-0.4, -0.2) is 8.42 Å². The van der Waals surface area contributed by atoms with Crippen LogP contribution in [0, 0.1) is 18.6 Å². The minimum Gasteiger partial charge on any atom is -0.280 e. The summed E-state index contributed by atoms with van der Waals surface area (Å²) in [6.07, 6.45) is -4.84. The number of benzene rings is 2. The van der Waals surface area contributed by atoms with Gasteiger partial charge in [0.1, 0.15) is 11.6 Å². The van der Waals surface area contributed by atoms with Gasteiger partial charge in [-0.25, -0.2) is 17.2 Å². The highest BCUT2D eigenvalue weighted by Crippen LogP contribution is 2.32. The number of nitrogens with one attached hydrogen (secondary N) is 1. The zero-order valence-corrected chi connectivity index (χ0v) is 12.4. The number of hydrogen-bond donors (Lipinski definition) is 1. The predicted octanol–water partition coefficient (Wildman–Crippen LogP) is 4.09. The summed E-state index contributed by atoms with van der Waals surface area (Å²) in [4.78, 5) is -0.449. The van der Waals surface area contributed by atoms with Crippen LogP contribution < -0.4 is 4.72 Å². The van der Waals surface area contributed by atoms with Gasteiger partial charge in [-0.15, -0.1) is 0 Å². The predicted molar refractivity (Wildman–Crippen MR) is 73.3 cm³/mol. The molecule has 0 atom stereocenters. The zero-order valence-electron chi connectivity index (χ0n) is 11.6. The van der Waals surface area contributed by atoms with Crippen molar-refractivity contribution in [3.05, 3.63) is 59.2 Å². The topological polar surface area (TPSA) is 46.2 Å². The van der Waals surface area contributed by atoms with E-state index >= 15 is 0 Å². The molecule has 0 radical (unpaired) electrons. The molecule has 0 fully saturated rings. The lowest BCUT2D eigenvalue weighted by atomic mass is 10.2. The van der Waals surface area contributed by atoms with Crippen LogP contribution in [0.25, 0.3) is 0 Å². The first-order chi connectivity index (χ1) is 10.5. The molecule has 0 aliphatic heterocycles. The van der Waals surface area contributed by atoms with Crippen molar-refractivity contribution in [1.29, 1.82) is 0 Å². The first-order valence-electron chi connectivity index (χ1n) is 6.16. The maximum absolute atomic E-state index is 13.3. The van der Waals surface area contributed by atoms with E-state index in [9.17, 15) is 30.4 Å². The fourth-order valence-corrected chi connectivity index (χ4v) is 3.18. The highest BCUT2D eigenvalue weighted by Gasteiger charge is 2.32. The van der Waals surface area contributed by atoms with E-state index in [1.54, 1.807) is 0 Å². The van der Waals surface area contributed by atoms with E-state index in [0.717, 1.165) is 12.1 Å². The number of anilines is 1. The van der Waals surface area contributed by atoms with Gasteiger partial charge in [0.15, 0.2) is 0 Å². The molecule has 0 spiro atoms. The Morgan fingerprint density at radius 3 is 2.22 bits per heavy atom. The maximum Gasteiger partial charge on any atom is 0.416 e. The number of alkyl halides is 3. The van der Waals surface area contributed by atoms with Crippen LogP contribution in [0.15, 0.2) is 41.3 Å². The molecule has 23 heavy (non-hydrogen) atoms. The van der Waals surface area contributed by atoms with Gasteiger partial charge in [-0.3, -0.25) is 4.72 Å². The van der Waals surface area contributed by atoms with Crippen LogP contribution in [0.1, 0.15) is 11.1 Å². The summed E-state index contributed by atoms with van der Waals surface area (Å²) in [6.45, 7) is 1.39. The summed E-state index contributed by atoms with van der Waals surface area (Å²) in [7, 11) is -4.37. The van der Waals surface area contributed by atoms with Gasteiger partial charge in [-0.05, 0) is 42.8 Å².